The molecule has 2 aliphatic heterocycles. The maximum Gasteiger partial charge on any atom is 0.329 e. The molecule has 0 spiro atoms. The van der Waals surface area contributed by atoms with E-state index in [0.717, 1.165) is 4.90 Å². The number of morpholine rings is 1. The Morgan fingerprint density at radius 3 is 2.55 bits per heavy atom. The van der Waals surface area contributed by atoms with Gasteiger partial charge in [0.1, 0.15) is 6.04 Å². The van der Waals surface area contributed by atoms with Crippen LogP contribution < -0.4 is 10.2 Å². The van der Waals surface area contributed by atoms with Crippen molar-refractivity contribution in [3.63, 3.8) is 0 Å². The van der Waals surface area contributed by atoms with E-state index < -0.39 is 18.0 Å². The fourth-order valence-electron chi connectivity index (χ4n) is 2.61. The number of amides is 4. The fraction of sp³-hybridized carbons (Fsp3) is 0.400. The van der Waals surface area contributed by atoms with Crippen LogP contribution in [0.3, 0.4) is 0 Å². The van der Waals surface area contributed by atoms with Crippen molar-refractivity contribution in [3.05, 3.63) is 30.3 Å². The van der Waals surface area contributed by atoms with Gasteiger partial charge < -0.3 is 15.0 Å². The van der Waals surface area contributed by atoms with Gasteiger partial charge in [-0.1, -0.05) is 18.2 Å². The number of urea groups is 1. The lowest BCUT2D eigenvalue weighted by Gasteiger charge is -2.27. The second-order valence-electron chi connectivity index (χ2n) is 5.21. The highest BCUT2D eigenvalue weighted by atomic mass is 16.5. The number of ether oxygens (including phenoxy) is 1. The zero-order chi connectivity index (χ0) is 15.5. The molecule has 7 heteroatoms. The summed E-state index contributed by atoms with van der Waals surface area (Å²) in [6, 6.07) is 7.39. The molecule has 1 unspecified atom stereocenters. The van der Waals surface area contributed by atoms with Crippen LogP contribution in [0.1, 0.15) is 6.42 Å². The van der Waals surface area contributed by atoms with Crippen molar-refractivity contribution in [1.29, 1.82) is 0 Å². The Labute approximate surface area is 127 Å². The average molecular weight is 303 g/mol. The first kappa shape index (κ1) is 14.5. The summed E-state index contributed by atoms with van der Waals surface area (Å²) in [5.41, 5.74) is 0.506. The molecule has 0 radical (unpaired) electrons. The number of hydrogen-bond acceptors (Lipinski definition) is 4. The van der Waals surface area contributed by atoms with E-state index in [9.17, 15) is 14.4 Å². The molecule has 2 fully saturated rings. The van der Waals surface area contributed by atoms with Crippen LogP contribution in [0.2, 0.25) is 0 Å². The quantitative estimate of drug-likeness (QED) is 0.818. The van der Waals surface area contributed by atoms with Crippen LogP contribution in [0.15, 0.2) is 30.3 Å². The summed E-state index contributed by atoms with van der Waals surface area (Å²) < 4.78 is 5.19. The Morgan fingerprint density at radius 2 is 1.86 bits per heavy atom. The van der Waals surface area contributed by atoms with Crippen LogP contribution in [0.5, 0.6) is 0 Å². The van der Waals surface area contributed by atoms with Crippen LogP contribution in [0, 0.1) is 0 Å². The highest BCUT2D eigenvalue weighted by molar-refractivity contribution is 6.22. The SMILES string of the molecule is O=C(CC1NC(=O)N(c2ccccc2)C1=O)N1CCOCC1. The summed E-state index contributed by atoms with van der Waals surface area (Å²) in [5, 5.41) is 2.58. The van der Waals surface area contributed by atoms with E-state index in [1.807, 2.05) is 0 Å². The number of nitrogens with one attached hydrogen (secondary N) is 1. The average Bonchev–Trinajstić information content (AvgIpc) is 2.83. The van der Waals surface area contributed by atoms with Crippen molar-refractivity contribution in [3.8, 4) is 0 Å². The first-order valence-electron chi connectivity index (χ1n) is 7.22. The molecule has 2 aliphatic rings. The van der Waals surface area contributed by atoms with Gasteiger partial charge in [-0.2, -0.15) is 0 Å². The van der Waals surface area contributed by atoms with Crippen molar-refractivity contribution in [2.45, 2.75) is 12.5 Å². The largest absolute Gasteiger partial charge is 0.378 e. The molecular weight excluding hydrogens is 286 g/mol. The minimum Gasteiger partial charge on any atom is -0.378 e. The minimum atomic E-state index is -0.803. The summed E-state index contributed by atoms with van der Waals surface area (Å²) in [7, 11) is 0. The van der Waals surface area contributed by atoms with E-state index in [2.05, 4.69) is 5.32 Å². The summed E-state index contributed by atoms with van der Waals surface area (Å²) in [4.78, 5) is 39.3. The van der Waals surface area contributed by atoms with Crippen molar-refractivity contribution in [2.75, 3.05) is 31.2 Å². The number of para-hydroxylation sites is 1. The van der Waals surface area contributed by atoms with Crippen LogP contribution in [0.4, 0.5) is 10.5 Å². The zero-order valence-corrected chi connectivity index (χ0v) is 12.0. The van der Waals surface area contributed by atoms with E-state index in [1.165, 1.54) is 0 Å². The van der Waals surface area contributed by atoms with Gasteiger partial charge in [0.05, 0.1) is 25.3 Å². The molecule has 2 heterocycles. The third-order valence-electron chi connectivity index (χ3n) is 3.78. The van der Waals surface area contributed by atoms with Crippen molar-refractivity contribution < 1.29 is 19.1 Å². The molecule has 0 saturated carbocycles. The molecule has 0 bridgehead atoms. The van der Waals surface area contributed by atoms with Crippen molar-refractivity contribution >= 4 is 23.5 Å². The molecule has 1 N–H and O–H groups in total. The van der Waals surface area contributed by atoms with Gasteiger partial charge in [0, 0.05) is 13.1 Å². The predicted octanol–water partition coefficient (Wildman–Crippen LogP) is 0.360. The van der Waals surface area contributed by atoms with Gasteiger partial charge >= 0.3 is 6.03 Å². The second-order valence-corrected chi connectivity index (χ2v) is 5.21. The first-order valence-corrected chi connectivity index (χ1v) is 7.22. The van der Waals surface area contributed by atoms with E-state index >= 15 is 0 Å². The molecule has 3 rings (SSSR count). The smallest absolute Gasteiger partial charge is 0.329 e. The van der Waals surface area contributed by atoms with Crippen molar-refractivity contribution in [1.82, 2.24) is 10.2 Å². The Morgan fingerprint density at radius 1 is 1.18 bits per heavy atom. The van der Waals surface area contributed by atoms with Crippen LogP contribution in [-0.4, -0.2) is 55.1 Å². The molecule has 116 valence electrons. The molecule has 2 saturated heterocycles. The summed E-state index contributed by atoms with van der Waals surface area (Å²) in [5.74, 6) is -0.533. The summed E-state index contributed by atoms with van der Waals surface area (Å²) in [6.45, 7) is 2.06. The van der Waals surface area contributed by atoms with Gasteiger partial charge in [-0.15, -0.1) is 0 Å². The standard InChI is InChI=1S/C15H17N3O4/c19-13(17-6-8-22-9-7-17)10-12-14(20)18(15(21)16-12)11-4-2-1-3-5-11/h1-5,12H,6-10H2,(H,16,21). The number of nitrogens with zero attached hydrogens (tertiary/aromatic N) is 2. The van der Waals surface area contributed by atoms with Gasteiger partial charge in [0.25, 0.3) is 5.91 Å². The topological polar surface area (TPSA) is 79.0 Å². The number of carbonyl (C=O) groups is 3. The lowest BCUT2D eigenvalue weighted by molar-refractivity contribution is -0.137. The number of imide groups is 1. The third-order valence-corrected chi connectivity index (χ3v) is 3.78. The number of anilines is 1. The molecule has 0 aliphatic carbocycles. The highest BCUT2D eigenvalue weighted by Gasteiger charge is 2.40. The van der Waals surface area contributed by atoms with Crippen LogP contribution in [-0.2, 0) is 14.3 Å². The Bertz CT molecular complexity index is 584. The van der Waals surface area contributed by atoms with Gasteiger partial charge in [-0.25, -0.2) is 9.69 Å². The molecule has 1 aromatic carbocycles. The molecule has 0 aromatic heterocycles. The summed E-state index contributed by atoms with van der Waals surface area (Å²) in [6.07, 6.45) is -0.0199. The van der Waals surface area contributed by atoms with Crippen LogP contribution in [0.25, 0.3) is 0 Å². The summed E-state index contributed by atoms with van der Waals surface area (Å²) >= 11 is 0. The number of rotatable bonds is 3. The van der Waals surface area contributed by atoms with Gasteiger partial charge in [0.2, 0.25) is 5.91 Å². The molecule has 22 heavy (non-hydrogen) atoms. The molecule has 7 nitrogen and oxygen atoms in total. The first-order chi connectivity index (χ1) is 10.7. The third kappa shape index (κ3) is 2.80. The van der Waals surface area contributed by atoms with Crippen LogP contribution >= 0.6 is 0 Å². The van der Waals surface area contributed by atoms with E-state index in [4.69, 9.17) is 4.74 Å². The molecule has 4 amide bonds. The highest BCUT2D eigenvalue weighted by Crippen LogP contribution is 2.20. The van der Waals surface area contributed by atoms with E-state index in [-0.39, 0.29) is 12.3 Å². The monoisotopic (exact) mass is 303 g/mol. The zero-order valence-electron chi connectivity index (χ0n) is 12.0. The molecular formula is C15H17N3O4. The van der Waals surface area contributed by atoms with Gasteiger partial charge in [0.15, 0.2) is 0 Å². The number of hydrogen-bond donors (Lipinski definition) is 1. The Kier molecular flexibility index (Phi) is 4.06. The van der Waals surface area contributed by atoms with Gasteiger partial charge in [-0.3, -0.25) is 9.59 Å². The minimum absolute atomic E-state index is 0.0199. The van der Waals surface area contributed by atoms with Gasteiger partial charge in [-0.05, 0) is 12.1 Å². The van der Waals surface area contributed by atoms with Crippen molar-refractivity contribution in [2.24, 2.45) is 0 Å². The molecule has 1 atom stereocenters. The Hall–Kier alpha value is -2.41. The lowest BCUT2D eigenvalue weighted by Crippen LogP contribution is -2.44. The normalized spacial score (nSPS) is 21.9. The maximum absolute atomic E-state index is 12.4. The maximum atomic E-state index is 12.4. The lowest BCUT2D eigenvalue weighted by atomic mass is 10.1. The second kappa shape index (κ2) is 6.15. The molecule has 1 aromatic rings. The fourth-order valence-corrected chi connectivity index (χ4v) is 2.61. The predicted molar refractivity (Wildman–Crippen MR) is 78.3 cm³/mol. The Balaban J connectivity index is 1.67. The van der Waals surface area contributed by atoms with E-state index in [1.54, 1.807) is 35.2 Å². The van der Waals surface area contributed by atoms with E-state index in [0.29, 0.717) is 32.0 Å². The number of benzene rings is 1. The number of carbonyl (C=O) groups excluding carboxylic acids is 3.